The monoisotopic (exact) mass is 367 g/mol. The van der Waals surface area contributed by atoms with Crippen molar-refractivity contribution >= 4 is 65.6 Å². The van der Waals surface area contributed by atoms with Gasteiger partial charge >= 0.3 is 0 Å². The van der Waals surface area contributed by atoms with Crippen LogP contribution in [-0.2, 0) is 5.33 Å². The topological polar surface area (TPSA) is 26.0 Å². The molecule has 1 nitrogen and oxygen atoms in total. The Kier molecular flexibility index (Phi) is 2.80. The molecule has 68 valence electrons. The molecule has 0 atom stereocenters. The van der Waals surface area contributed by atoms with Crippen LogP contribution in [0.4, 0.5) is 5.69 Å². The molecular formula is C9H7BrINS. The van der Waals surface area contributed by atoms with E-state index in [2.05, 4.69) is 56.0 Å². The van der Waals surface area contributed by atoms with Gasteiger partial charge in [-0.1, -0.05) is 15.9 Å². The number of halogens is 2. The molecule has 0 saturated heterocycles. The molecule has 0 spiro atoms. The molecule has 0 radical (unpaired) electrons. The molecule has 0 amide bonds. The zero-order valence-electron chi connectivity index (χ0n) is 6.68. The second kappa shape index (κ2) is 3.74. The van der Waals surface area contributed by atoms with Crippen molar-refractivity contribution in [2.75, 3.05) is 5.73 Å². The number of anilines is 1. The second-order valence-electron chi connectivity index (χ2n) is 2.74. The van der Waals surface area contributed by atoms with Crippen LogP contribution >= 0.6 is 49.9 Å². The first kappa shape index (κ1) is 9.73. The van der Waals surface area contributed by atoms with E-state index in [-0.39, 0.29) is 0 Å². The first-order chi connectivity index (χ1) is 6.24. The van der Waals surface area contributed by atoms with Crippen molar-refractivity contribution in [1.82, 2.24) is 0 Å². The van der Waals surface area contributed by atoms with Gasteiger partial charge in [-0.2, -0.15) is 0 Å². The zero-order valence-corrected chi connectivity index (χ0v) is 11.2. The van der Waals surface area contributed by atoms with Crippen molar-refractivity contribution in [1.29, 1.82) is 0 Å². The molecule has 0 aliphatic rings. The van der Waals surface area contributed by atoms with Crippen molar-refractivity contribution in [3.05, 3.63) is 26.6 Å². The normalized spacial score (nSPS) is 10.9. The minimum Gasteiger partial charge on any atom is -0.398 e. The van der Waals surface area contributed by atoms with E-state index in [4.69, 9.17) is 5.73 Å². The molecule has 0 aliphatic heterocycles. The van der Waals surface area contributed by atoms with Crippen LogP contribution in [0.5, 0.6) is 0 Å². The number of hydrogen-bond donors (Lipinski definition) is 1. The molecule has 0 unspecified atom stereocenters. The largest absolute Gasteiger partial charge is 0.398 e. The molecule has 2 rings (SSSR count). The van der Waals surface area contributed by atoms with Crippen LogP contribution < -0.4 is 5.73 Å². The fourth-order valence-corrected chi connectivity index (χ4v) is 3.64. The Morgan fingerprint density at radius 3 is 3.00 bits per heavy atom. The van der Waals surface area contributed by atoms with Gasteiger partial charge in [0.05, 0.1) is 0 Å². The highest BCUT2D eigenvalue weighted by Gasteiger charge is 2.08. The fraction of sp³-hybridized carbons (Fsp3) is 0.111. The third kappa shape index (κ3) is 1.59. The number of nitrogen functional groups attached to an aromatic ring is 1. The number of benzene rings is 1. The van der Waals surface area contributed by atoms with E-state index in [9.17, 15) is 0 Å². The van der Waals surface area contributed by atoms with Crippen LogP contribution in [0, 0.1) is 3.57 Å². The number of rotatable bonds is 1. The van der Waals surface area contributed by atoms with Crippen molar-refractivity contribution in [3.8, 4) is 0 Å². The lowest BCUT2D eigenvalue weighted by atomic mass is 10.1. The minimum absolute atomic E-state index is 0.866. The van der Waals surface area contributed by atoms with Gasteiger partial charge in [-0.3, -0.25) is 0 Å². The van der Waals surface area contributed by atoms with Gasteiger partial charge in [0.1, 0.15) is 0 Å². The van der Waals surface area contributed by atoms with Crippen LogP contribution in [0.15, 0.2) is 17.5 Å². The smallest absolute Gasteiger partial charge is 0.0459 e. The van der Waals surface area contributed by atoms with Gasteiger partial charge in [0.2, 0.25) is 0 Å². The summed E-state index contributed by atoms with van der Waals surface area (Å²) >= 11 is 7.54. The van der Waals surface area contributed by atoms with Crippen LogP contribution in [0.1, 0.15) is 5.56 Å². The van der Waals surface area contributed by atoms with E-state index in [1.54, 1.807) is 11.3 Å². The third-order valence-electron chi connectivity index (χ3n) is 1.92. The highest BCUT2D eigenvalue weighted by Crippen LogP contribution is 2.33. The summed E-state index contributed by atoms with van der Waals surface area (Å²) < 4.78 is 2.51. The van der Waals surface area contributed by atoms with Gasteiger partial charge in [0.15, 0.2) is 0 Å². The summed E-state index contributed by atoms with van der Waals surface area (Å²) in [5.41, 5.74) is 8.05. The molecular weight excluding hydrogens is 361 g/mol. The maximum Gasteiger partial charge on any atom is 0.0459 e. The lowest BCUT2D eigenvalue weighted by molar-refractivity contribution is 1.50. The molecule has 0 fully saturated rings. The summed E-state index contributed by atoms with van der Waals surface area (Å²) in [6.45, 7) is 0. The highest BCUT2D eigenvalue weighted by molar-refractivity contribution is 14.1. The van der Waals surface area contributed by atoms with Gasteiger partial charge in [-0.15, -0.1) is 11.3 Å². The SMILES string of the molecule is Nc1cc(CBr)c2sccc2c1I. The summed E-state index contributed by atoms with van der Waals surface area (Å²) in [5, 5.41) is 4.25. The first-order valence-electron chi connectivity index (χ1n) is 3.74. The standard InChI is InChI=1S/C9H7BrINS/c10-4-5-3-7(12)8(11)6-1-2-13-9(5)6/h1-3H,4,12H2. The Balaban J connectivity index is 2.87. The molecule has 4 heteroatoms. The Bertz CT molecular complexity index is 452. The third-order valence-corrected chi connectivity index (χ3v) is 4.72. The number of alkyl halides is 1. The average Bonchev–Trinajstić information content (AvgIpc) is 2.60. The number of nitrogens with two attached hydrogens (primary N) is 1. The van der Waals surface area contributed by atoms with Gasteiger partial charge in [-0.25, -0.2) is 0 Å². The Morgan fingerprint density at radius 2 is 2.31 bits per heavy atom. The quantitative estimate of drug-likeness (QED) is 0.460. The average molecular weight is 368 g/mol. The molecule has 0 saturated carbocycles. The Morgan fingerprint density at radius 1 is 1.54 bits per heavy atom. The van der Waals surface area contributed by atoms with Crippen LogP contribution in [-0.4, -0.2) is 0 Å². The van der Waals surface area contributed by atoms with Gasteiger partial charge < -0.3 is 5.73 Å². The van der Waals surface area contributed by atoms with E-state index in [0.29, 0.717) is 0 Å². The highest BCUT2D eigenvalue weighted by atomic mass is 127. The van der Waals surface area contributed by atoms with Crippen LogP contribution in [0.2, 0.25) is 0 Å². The lowest BCUT2D eigenvalue weighted by Gasteiger charge is -2.04. The second-order valence-corrected chi connectivity index (χ2v) is 5.29. The predicted molar refractivity (Wildman–Crippen MR) is 71.6 cm³/mol. The molecule has 13 heavy (non-hydrogen) atoms. The molecule has 1 aromatic carbocycles. The van der Waals surface area contributed by atoms with Gasteiger partial charge in [0.25, 0.3) is 0 Å². The zero-order chi connectivity index (χ0) is 9.42. The maximum absolute atomic E-state index is 5.90. The van der Waals surface area contributed by atoms with Crippen molar-refractivity contribution in [2.24, 2.45) is 0 Å². The molecule has 2 N–H and O–H groups in total. The van der Waals surface area contributed by atoms with Crippen LogP contribution in [0.3, 0.4) is 0 Å². The Hall–Kier alpha value is 0.190. The predicted octanol–water partition coefficient (Wildman–Crippen LogP) is 3.98. The van der Waals surface area contributed by atoms with E-state index >= 15 is 0 Å². The molecule has 0 aliphatic carbocycles. The number of fused-ring (bicyclic) bond motifs is 1. The molecule has 1 aromatic heterocycles. The van der Waals surface area contributed by atoms with Crippen molar-refractivity contribution < 1.29 is 0 Å². The Labute approximate surface area is 103 Å². The van der Waals surface area contributed by atoms with Crippen molar-refractivity contribution in [3.63, 3.8) is 0 Å². The summed E-state index contributed by atoms with van der Waals surface area (Å²) in [5.74, 6) is 0. The van der Waals surface area contributed by atoms with E-state index in [1.807, 2.05) is 0 Å². The van der Waals surface area contributed by atoms with Gasteiger partial charge in [0, 0.05) is 24.7 Å². The molecule has 0 bridgehead atoms. The van der Waals surface area contributed by atoms with Crippen molar-refractivity contribution in [2.45, 2.75) is 5.33 Å². The summed E-state index contributed by atoms with van der Waals surface area (Å²) in [6, 6.07) is 4.18. The number of hydrogen-bond acceptors (Lipinski definition) is 2. The van der Waals surface area contributed by atoms with Gasteiger partial charge in [-0.05, 0) is 45.7 Å². The maximum atomic E-state index is 5.90. The van der Waals surface area contributed by atoms with Crippen LogP contribution in [0.25, 0.3) is 10.1 Å². The molecule has 2 aromatic rings. The summed E-state index contributed by atoms with van der Waals surface area (Å²) in [6.07, 6.45) is 0. The summed E-state index contributed by atoms with van der Waals surface area (Å²) in [7, 11) is 0. The first-order valence-corrected chi connectivity index (χ1v) is 6.82. The molecule has 1 heterocycles. The van der Waals surface area contributed by atoms with E-state index in [1.165, 1.54) is 19.2 Å². The lowest BCUT2D eigenvalue weighted by Crippen LogP contribution is -1.91. The summed E-state index contributed by atoms with van der Waals surface area (Å²) in [4.78, 5) is 0. The number of thiophene rings is 1. The minimum atomic E-state index is 0.866. The van der Waals surface area contributed by atoms with E-state index < -0.39 is 0 Å². The van der Waals surface area contributed by atoms with E-state index in [0.717, 1.165) is 11.0 Å². The fourth-order valence-electron chi connectivity index (χ4n) is 1.30.